The predicted octanol–water partition coefficient (Wildman–Crippen LogP) is 0.204. The monoisotopic (exact) mass is 403 g/mol. The summed E-state index contributed by atoms with van der Waals surface area (Å²) >= 11 is 0. The Morgan fingerprint density at radius 2 is 1.59 bits per heavy atom. The highest BCUT2D eigenvalue weighted by Crippen LogP contribution is 2.08. The van der Waals surface area contributed by atoms with Crippen molar-refractivity contribution >= 4 is 22.4 Å². The van der Waals surface area contributed by atoms with Gasteiger partial charge in [-0.05, 0) is 18.9 Å². The number of carbonyl (C=O) groups excluding carboxylic acids is 2. The van der Waals surface area contributed by atoms with E-state index >= 15 is 0 Å². The van der Waals surface area contributed by atoms with Crippen LogP contribution in [0.1, 0.15) is 12.5 Å². The van der Waals surface area contributed by atoms with Crippen LogP contribution in [0.5, 0.6) is 0 Å². The van der Waals surface area contributed by atoms with Crippen molar-refractivity contribution in [3.63, 3.8) is 0 Å². The zero-order chi connectivity index (χ0) is 20.4. The van der Waals surface area contributed by atoms with E-state index in [1.165, 1.54) is 0 Å². The van der Waals surface area contributed by atoms with Gasteiger partial charge in [-0.2, -0.15) is 8.42 Å². The molecule has 10 nitrogen and oxygen atoms in total. The molecule has 27 heavy (non-hydrogen) atoms. The summed E-state index contributed by atoms with van der Waals surface area (Å²) in [6.07, 6.45) is 0.209. The van der Waals surface area contributed by atoms with Crippen molar-refractivity contribution in [1.82, 2.24) is 9.80 Å². The zero-order valence-electron chi connectivity index (χ0n) is 15.0. The minimum absolute atomic E-state index is 0.0626. The van der Waals surface area contributed by atoms with Crippen LogP contribution in [0.15, 0.2) is 30.3 Å². The second-order valence-corrected chi connectivity index (χ2v) is 6.65. The fourth-order valence-corrected chi connectivity index (χ4v) is 2.51. The number of hydrogen-bond donors (Lipinski definition) is 3. The van der Waals surface area contributed by atoms with Crippen molar-refractivity contribution < 1.29 is 31.8 Å². The van der Waals surface area contributed by atoms with Gasteiger partial charge < -0.3 is 20.3 Å². The van der Waals surface area contributed by atoms with Gasteiger partial charge in [-0.25, -0.2) is 4.79 Å². The second-order valence-electron chi connectivity index (χ2n) is 5.76. The molecule has 0 spiro atoms. The molecular formula is C16H25N3O7S. The first-order valence-electron chi connectivity index (χ1n) is 8.31. The van der Waals surface area contributed by atoms with Gasteiger partial charge in [-0.1, -0.05) is 30.3 Å². The average molecular weight is 403 g/mol. The second kappa shape index (κ2) is 10.8. The van der Waals surface area contributed by atoms with E-state index in [9.17, 15) is 9.59 Å². The summed E-state index contributed by atoms with van der Waals surface area (Å²) in [7, 11) is -4.67. The third kappa shape index (κ3) is 9.33. The number of amides is 2. The van der Waals surface area contributed by atoms with E-state index in [2.05, 4.69) is 0 Å². The maximum Gasteiger partial charge on any atom is 0.409 e. The van der Waals surface area contributed by atoms with E-state index in [1.54, 1.807) is 16.7 Å². The predicted molar refractivity (Wildman–Crippen MR) is 97.5 cm³/mol. The molecule has 0 saturated carbocycles. The molecule has 1 aliphatic rings. The molecule has 11 heteroatoms. The molecule has 152 valence electrons. The van der Waals surface area contributed by atoms with Gasteiger partial charge in [0.25, 0.3) is 0 Å². The topological polar surface area (TPSA) is 150 Å². The molecular weight excluding hydrogens is 378 g/mol. The summed E-state index contributed by atoms with van der Waals surface area (Å²) in [5, 5.41) is 0. The van der Waals surface area contributed by atoms with Crippen LogP contribution >= 0.6 is 0 Å². The van der Waals surface area contributed by atoms with Crippen molar-refractivity contribution in [2.75, 3.05) is 32.8 Å². The van der Waals surface area contributed by atoms with E-state index < -0.39 is 16.4 Å². The Labute approximate surface area is 158 Å². The normalized spacial score (nSPS) is 15.4. The molecule has 1 atom stereocenters. The molecule has 2 rings (SSSR count). The maximum absolute atomic E-state index is 12.4. The van der Waals surface area contributed by atoms with E-state index in [0.717, 1.165) is 5.56 Å². The first-order valence-corrected chi connectivity index (χ1v) is 9.71. The summed E-state index contributed by atoms with van der Waals surface area (Å²) in [6, 6.07) is 9.19. The van der Waals surface area contributed by atoms with E-state index in [0.29, 0.717) is 39.2 Å². The third-order valence-electron chi connectivity index (χ3n) is 3.73. The van der Waals surface area contributed by atoms with Gasteiger partial charge in [-0.15, -0.1) is 0 Å². The number of carbonyl (C=O) groups is 2. The molecule has 1 aliphatic heterocycles. The highest BCUT2D eigenvalue weighted by Gasteiger charge is 2.27. The summed E-state index contributed by atoms with van der Waals surface area (Å²) in [5.41, 5.74) is 7.08. The number of piperazine rings is 1. The molecule has 2 amide bonds. The molecule has 0 bridgehead atoms. The molecule has 1 fully saturated rings. The van der Waals surface area contributed by atoms with Crippen molar-refractivity contribution in [2.45, 2.75) is 19.4 Å². The van der Waals surface area contributed by atoms with Crippen molar-refractivity contribution in [2.24, 2.45) is 5.73 Å². The number of ether oxygens (including phenoxy) is 1. The zero-order valence-corrected chi connectivity index (χ0v) is 15.8. The lowest BCUT2D eigenvalue weighted by Gasteiger charge is -2.35. The van der Waals surface area contributed by atoms with Crippen LogP contribution < -0.4 is 5.73 Å². The van der Waals surface area contributed by atoms with Crippen LogP contribution in [0, 0.1) is 0 Å². The largest absolute Gasteiger partial charge is 0.450 e. The highest BCUT2D eigenvalue weighted by atomic mass is 32.3. The van der Waals surface area contributed by atoms with Crippen molar-refractivity contribution in [3.8, 4) is 0 Å². The summed E-state index contributed by atoms with van der Waals surface area (Å²) in [5.74, 6) is -0.0626. The van der Waals surface area contributed by atoms with Crippen LogP contribution in [-0.4, -0.2) is 78.2 Å². The lowest BCUT2D eigenvalue weighted by atomic mass is 10.1. The number of benzene rings is 1. The molecule has 1 aromatic rings. The quantitative estimate of drug-likeness (QED) is 0.604. The van der Waals surface area contributed by atoms with E-state index in [4.69, 9.17) is 28.0 Å². The number of rotatable bonds is 4. The molecule has 0 unspecified atom stereocenters. The number of nitrogens with zero attached hydrogens (tertiary/aromatic N) is 2. The van der Waals surface area contributed by atoms with Gasteiger partial charge in [0.15, 0.2) is 0 Å². The van der Waals surface area contributed by atoms with Crippen LogP contribution in [0.25, 0.3) is 0 Å². The van der Waals surface area contributed by atoms with Gasteiger partial charge in [0.1, 0.15) is 0 Å². The Morgan fingerprint density at radius 1 is 1.11 bits per heavy atom. The third-order valence-corrected chi connectivity index (χ3v) is 3.73. The first kappa shape index (κ1) is 22.8. The lowest BCUT2D eigenvalue weighted by molar-refractivity contribution is -0.134. The minimum atomic E-state index is -4.67. The summed E-state index contributed by atoms with van der Waals surface area (Å²) in [4.78, 5) is 27.3. The Kier molecular flexibility index (Phi) is 9.15. The van der Waals surface area contributed by atoms with E-state index in [1.807, 2.05) is 30.3 Å². The fourth-order valence-electron chi connectivity index (χ4n) is 2.51. The highest BCUT2D eigenvalue weighted by molar-refractivity contribution is 7.79. The lowest BCUT2D eigenvalue weighted by Crippen LogP contribution is -2.54. The molecule has 0 aromatic heterocycles. The smallest absolute Gasteiger partial charge is 0.409 e. The SMILES string of the molecule is CCOC(=O)N1CCN(C(=O)[C@@H](N)Cc2ccccc2)CC1.O=S(=O)(O)O. The molecule has 1 heterocycles. The molecule has 1 aromatic carbocycles. The van der Waals surface area contributed by atoms with Gasteiger partial charge in [0, 0.05) is 26.2 Å². The standard InChI is InChI=1S/C16H23N3O3.H2O4S/c1-2-22-16(21)19-10-8-18(9-11-19)15(20)14(17)12-13-6-4-3-5-7-13;1-5(2,3)4/h3-7,14H,2,8-12,17H2,1H3;(H2,1,2,3,4)/t14-;/m0./s1. The number of nitrogens with two attached hydrogens (primary N) is 1. The van der Waals surface area contributed by atoms with Crippen LogP contribution in [0.4, 0.5) is 4.79 Å². The Bertz CT molecular complexity index is 696. The molecule has 4 N–H and O–H groups in total. The van der Waals surface area contributed by atoms with E-state index in [-0.39, 0.29) is 12.0 Å². The maximum atomic E-state index is 12.4. The molecule has 1 saturated heterocycles. The molecule has 0 aliphatic carbocycles. The van der Waals surface area contributed by atoms with Gasteiger partial charge in [-0.3, -0.25) is 13.9 Å². The van der Waals surface area contributed by atoms with Gasteiger partial charge in [0.05, 0.1) is 12.6 Å². The van der Waals surface area contributed by atoms with Crippen LogP contribution in [0.3, 0.4) is 0 Å². The van der Waals surface area contributed by atoms with Gasteiger partial charge in [0.2, 0.25) is 5.91 Å². The van der Waals surface area contributed by atoms with Crippen LogP contribution in [0.2, 0.25) is 0 Å². The Balaban J connectivity index is 0.000000646. The van der Waals surface area contributed by atoms with Gasteiger partial charge >= 0.3 is 16.5 Å². The van der Waals surface area contributed by atoms with Crippen LogP contribution in [-0.2, 0) is 26.4 Å². The fraction of sp³-hybridized carbons (Fsp3) is 0.500. The minimum Gasteiger partial charge on any atom is -0.450 e. The molecule has 0 radical (unpaired) electrons. The van der Waals surface area contributed by atoms with Crippen molar-refractivity contribution in [1.29, 1.82) is 0 Å². The number of hydrogen-bond acceptors (Lipinski definition) is 6. The summed E-state index contributed by atoms with van der Waals surface area (Å²) in [6.45, 7) is 4.12. The van der Waals surface area contributed by atoms with Crippen molar-refractivity contribution in [3.05, 3.63) is 35.9 Å². The average Bonchev–Trinajstić information content (AvgIpc) is 2.61. The first-order chi connectivity index (χ1) is 12.6. The summed E-state index contributed by atoms with van der Waals surface area (Å²) < 4.78 is 36.5. The Hall–Kier alpha value is -2.21. The Morgan fingerprint density at radius 3 is 2.07 bits per heavy atom.